The Hall–Kier alpha value is -2.26. The van der Waals surface area contributed by atoms with Gasteiger partial charge in [0.1, 0.15) is 0 Å². The van der Waals surface area contributed by atoms with Crippen molar-refractivity contribution in [3.8, 4) is 0 Å². The number of aromatic carboxylic acids is 1. The van der Waals surface area contributed by atoms with Crippen LogP contribution in [0.15, 0.2) is 48.6 Å². The Kier molecular flexibility index (Phi) is 3.61. The van der Waals surface area contributed by atoms with Crippen LogP contribution in [0.2, 0.25) is 5.02 Å². The van der Waals surface area contributed by atoms with E-state index in [2.05, 4.69) is 23.5 Å². The Balaban J connectivity index is 1.88. The van der Waals surface area contributed by atoms with Crippen molar-refractivity contribution in [3.05, 3.63) is 75.8 Å². The Morgan fingerprint density at radius 2 is 2.12 bits per heavy atom. The molecule has 2 aromatic carbocycles. The van der Waals surface area contributed by atoms with Gasteiger partial charge in [-0.3, -0.25) is 0 Å². The molecule has 3 atom stereocenters. The van der Waals surface area contributed by atoms with Crippen LogP contribution in [-0.2, 0) is 0 Å². The zero-order valence-corrected chi connectivity index (χ0v) is 14.0. The number of hydrogen-bond donors (Lipinski definition) is 2. The Bertz CT molecular complexity index is 859. The first-order valence-electron chi connectivity index (χ1n) is 8.11. The number of benzene rings is 2. The highest BCUT2D eigenvalue weighted by atomic mass is 35.5. The standard InChI is InChI=1S/C20H18ClNO2/c1-11-8-9-16(20(23)24)17-14-6-3-7-15(14)19(22-18(11)17)12-4-2-5-13(21)10-12/h2-6,8-10,14-15,19,22H,7H2,1H3,(H,23,24). The van der Waals surface area contributed by atoms with Crippen molar-refractivity contribution >= 4 is 23.3 Å². The normalized spacial score (nSPS) is 24.2. The first-order chi connectivity index (χ1) is 11.6. The average molecular weight is 340 g/mol. The van der Waals surface area contributed by atoms with Crippen molar-refractivity contribution < 1.29 is 9.90 Å². The first-order valence-corrected chi connectivity index (χ1v) is 8.49. The summed E-state index contributed by atoms with van der Waals surface area (Å²) in [6.45, 7) is 2.02. The lowest BCUT2D eigenvalue weighted by Crippen LogP contribution is -2.31. The third-order valence-electron chi connectivity index (χ3n) is 5.17. The quantitative estimate of drug-likeness (QED) is 0.742. The van der Waals surface area contributed by atoms with Gasteiger partial charge in [0.25, 0.3) is 0 Å². The maximum absolute atomic E-state index is 11.7. The lowest BCUT2D eigenvalue weighted by atomic mass is 9.75. The predicted molar refractivity (Wildman–Crippen MR) is 95.9 cm³/mol. The van der Waals surface area contributed by atoms with Crippen LogP contribution in [0.4, 0.5) is 5.69 Å². The lowest BCUT2D eigenvalue weighted by molar-refractivity contribution is 0.0695. The number of nitrogens with one attached hydrogen (secondary N) is 1. The summed E-state index contributed by atoms with van der Waals surface area (Å²) < 4.78 is 0. The highest BCUT2D eigenvalue weighted by Gasteiger charge is 2.40. The van der Waals surface area contributed by atoms with Crippen LogP contribution < -0.4 is 5.32 Å². The van der Waals surface area contributed by atoms with Crippen LogP contribution in [-0.4, -0.2) is 11.1 Å². The summed E-state index contributed by atoms with van der Waals surface area (Å²) >= 11 is 6.18. The second-order valence-electron chi connectivity index (χ2n) is 6.55. The van der Waals surface area contributed by atoms with Gasteiger partial charge in [0.15, 0.2) is 0 Å². The van der Waals surface area contributed by atoms with Crippen molar-refractivity contribution in [2.24, 2.45) is 5.92 Å². The Morgan fingerprint density at radius 1 is 1.29 bits per heavy atom. The molecule has 0 aromatic heterocycles. The first kappa shape index (κ1) is 15.3. The molecule has 0 saturated heterocycles. The molecule has 3 unspecified atom stereocenters. The number of aryl methyl sites for hydroxylation is 1. The van der Waals surface area contributed by atoms with Crippen molar-refractivity contribution in [2.45, 2.75) is 25.3 Å². The van der Waals surface area contributed by atoms with E-state index in [1.807, 2.05) is 31.2 Å². The van der Waals surface area contributed by atoms with Gasteiger partial charge >= 0.3 is 5.97 Å². The van der Waals surface area contributed by atoms with Gasteiger partial charge in [0, 0.05) is 16.6 Å². The van der Waals surface area contributed by atoms with Crippen molar-refractivity contribution in [1.29, 1.82) is 0 Å². The van der Waals surface area contributed by atoms with Gasteiger partial charge in [0.05, 0.1) is 11.6 Å². The van der Waals surface area contributed by atoms with Gasteiger partial charge in [-0.25, -0.2) is 4.79 Å². The third kappa shape index (κ3) is 2.31. The van der Waals surface area contributed by atoms with Crippen LogP contribution in [0, 0.1) is 12.8 Å². The second-order valence-corrected chi connectivity index (χ2v) is 6.99. The van der Waals surface area contributed by atoms with Gasteiger partial charge < -0.3 is 10.4 Å². The smallest absolute Gasteiger partial charge is 0.336 e. The van der Waals surface area contributed by atoms with Gasteiger partial charge in [-0.2, -0.15) is 0 Å². The zero-order valence-electron chi connectivity index (χ0n) is 13.3. The summed E-state index contributed by atoms with van der Waals surface area (Å²) in [5.41, 5.74) is 4.48. The highest BCUT2D eigenvalue weighted by molar-refractivity contribution is 6.30. The van der Waals surface area contributed by atoms with E-state index in [4.69, 9.17) is 11.6 Å². The van der Waals surface area contributed by atoms with Crippen molar-refractivity contribution in [1.82, 2.24) is 0 Å². The lowest BCUT2D eigenvalue weighted by Gasteiger charge is -2.39. The van der Waals surface area contributed by atoms with E-state index in [-0.39, 0.29) is 12.0 Å². The molecule has 2 aromatic rings. The molecule has 2 N–H and O–H groups in total. The zero-order chi connectivity index (χ0) is 16.8. The molecule has 1 aliphatic carbocycles. The van der Waals surface area contributed by atoms with Crippen LogP contribution in [0.5, 0.6) is 0 Å². The minimum Gasteiger partial charge on any atom is -0.478 e. The summed E-state index contributed by atoms with van der Waals surface area (Å²) in [6.07, 6.45) is 5.26. The molecule has 1 heterocycles. The molecular formula is C20H18ClNO2. The van der Waals surface area contributed by atoms with Crippen LogP contribution in [0.25, 0.3) is 0 Å². The summed E-state index contributed by atoms with van der Waals surface area (Å²) in [7, 11) is 0. The monoisotopic (exact) mass is 339 g/mol. The molecule has 0 saturated carbocycles. The van der Waals surface area contributed by atoms with E-state index < -0.39 is 5.97 Å². The van der Waals surface area contributed by atoms with E-state index in [1.165, 1.54) is 0 Å². The molecular weight excluding hydrogens is 322 g/mol. The largest absolute Gasteiger partial charge is 0.478 e. The van der Waals surface area contributed by atoms with Gasteiger partial charge in [-0.15, -0.1) is 0 Å². The van der Waals surface area contributed by atoms with Gasteiger partial charge in [-0.1, -0.05) is 42.0 Å². The minimum absolute atomic E-state index is 0.122. The average Bonchev–Trinajstić information content (AvgIpc) is 3.04. The number of anilines is 1. The molecule has 3 nitrogen and oxygen atoms in total. The van der Waals surface area contributed by atoms with Crippen LogP contribution in [0.3, 0.4) is 0 Å². The number of carbonyl (C=O) groups is 1. The predicted octanol–water partition coefficient (Wildman–Crippen LogP) is 5.17. The fourth-order valence-electron chi connectivity index (χ4n) is 4.07. The molecule has 24 heavy (non-hydrogen) atoms. The topological polar surface area (TPSA) is 49.3 Å². The fourth-order valence-corrected chi connectivity index (χ4v) is 4.27. The molecule has 4 rings (SSSR count). The van der Waals surface area contributed by atoms with Crippen LogP contribution >= 0.6 is 11.6 Å². The molecule has 2 aliphatic rings. The Morgan fingerprint density at radius 3 is 2.88 bits per heavy atom. The van der Waals surface area contributed by atoms with E-state index in [0.29, 0.717) is 11.5 Å². The molecule has 0 radical (unpaired) electrons. The maximum Gasteiger partial charge on any atom is 0.336 e. The number of fused-ring (bicyclic) bond motifs is 3. The Labute approximate surface area is 146 Å². The maximum atomic E-state index is 11.7. The number of hydrogen-bond acceptors (Lipinski definition) is 2. The fraction of sp³-hybridized carbons (Fsp3) is 0.250. The number of allylic oxidation sites excluding steroid dienone is 2. The number of rotatable bonds is 2. The van der Waals surface area contributed by atoms with E-state index >= 15 is 0 Å². The number of carboxylic acid groups (broad SMARTS) is 1. The molecule has 1 aliphatic heterocycles. The SMILES string of the molecule is Cc1ccc(C(=O)O)c2c1NC(c1cccc(Cl)c1)C1CC=CC21. The molecule has 4 heteroatoms. The van der Waals surface area contributed by atoms with Crippen molar-refractivity contribution in [2.75, 3.05) is 5.32 Å². The molecule has 0 spiro atoms. The van der Waals surface area contributed by atoms with E-state index in [9.17, 15) is 9.90 Å². The highest BCUT2D eigenvalue weighted by Crippen LogP contribution is 2.51. The summed E-state index contributed by atoms with van der Waals surface area (Å²) in [5.74, 6) is -0.444. The molecule has 0 bridgehead atoms. The summed E-state index contributed by atoms with van der Waals surface area (Å²) in [4.78, 5) is 11.7. The molecule has 0 amide bonds. The summed E-state index contributed by atoms with van der Waals surface area (Å²) in [6, 6.07) is 11.6. The van der Waals surface area contributed by atoms with Gasteiger partial charge in [0.2, 0.25) is 0 Å². The molecule has 0 fully saturated rings. The third-order valence-corrected chi connectivity index (χ3v) is 5.40. The van der Waals surface area contributed by atoms with Gasteiger partial charge in [-0.05, 0) is 54.2 Å². The number of carboxylic acids is 1. The second kappa shape index (κ2) is 5.67. The number of halogens is 1. The van der Waals surface area contributed by atoms with Crippen molar-refractivity contribution in [3.63, 3.8) is 0 Å². The molecule has 122 valence electrons. The van der Waals surface area contributed by atoms with E-state index in [0.717, 1.165) is 33.8 Å². The van der Waals surface area contributed by atoms with Crippen LogP contribution in [0.1, 0.15) is 45.4 Å². The summed E-state index contributed by atoms with van der Waals surface area (Å²) in [5, 5.41) is 13.9. The minimum atomic E-state index is -0.867. The van der Waals surface area contributed by atoms with E-state index in [1.54, 1.807) is 6.07 Å².